The van der Waals surface area contributed by atoms with Crippen molar-refractivity contribution >= 4 is 28.9 Å². The lowest BCUT2D eigenvalue weighted by Crippen LogP contribution is -2.29. The molecule has 2 aromatic rings. The van der Waals surface area contributed by atoms with Crippen molar-refractivity contribution < 1.29 is 29.3 Å². The summed E-state index contributed by atoms with van der Waals surface area (Å²) in [5, 5.41) is 24.4. The molecular formula is C27H27NO6. The molecule has 1 atom stereocenters. The Morgan fingerprint density at radius 3 is 2.32 bits per heavy atom. The molecule has 0 fully saturated rings. The number of Topliss-reactive ketones (excluding diaryl/α,β-unsaturated/α-hetero) is 1. The molecule has 0 amide bonds. The van der Waals surface area contributed by atoms with Crippen LogP contribution in [0, 0.1) is 0 Å². The second-order valence-corrected chi connectivity index (χ2v) is 8.49. The highest BCUT2D eigenvalue weighted by Gasteiger charge is 2.36. The smallest absolute Gasteiger partial charge is 0.331 e. The Labute approximate surface area is 198 Å². The first kappa shape index (κ1) is 24.5. The summed E-state index contributed by atoms with van der Waals surface area (Å²) in [6.07, 6.45) is 3.29. The molecule has 0 bridgehead atoms. The Morgan fingerprint density at radius 2 is 1.71 bits per heavy atom. The van der Waals surface area contributed by atoms with Crippen LogP contribution >= 0.6 is 0 Å². The minimum atomic E-state index is -1.04. The maximum Gasteiger partial charge on any atom is 0.331 e. The monoisotopic (exact) mass is 461 g/mol. The van der Waals surface area contributed by atoms with E-state index < -0.39 is 35.1 Å². The molecule has 0 spiro atoms. The van der Waals surface area contributed by atoms with Gasteiger partial charge >= 0.3 is 5.97 Å². The first-order chi connectivity index (χ1) is 16.1. The minimum absolute atomic E-state index is 0.0658. The number of phenols is 2. The summed E-state index contributed by atoms with van der Waals surface area (Å²) in [6, 6.07) is 10.1. The third-order valence-corrected chi connectivity index (χ3v) is 5.11. The molecule has 0 radical (unpaired) electrons. The molecule has 1 aliphatic carbocycles. The van der Waals surface area contributed by atoms with Gasteiger partial charge in [-0.1, -0.05) is 35.4 Å². The predicted molar refractivity (Wildman–Crippen MR) is 130 cm³/mol. The number of rotatable bonds is 7. The summed E-state index contributed by atoms with van der Waals surface area (Å²) >= 11 is 0. The first-order valence-electron chi connectivity index (χ1n) is 10.8. The number of benzene rings is 2. The molecule has 0 saturated heterocycles. The van der Waals surface area contributed by atoms with Gasteiger partial charge in [0.25, 0.3) is 0 Å². The molecule has 176 valence electrons. The van der Waals surface area contributed by atoms with Crippen LogP contribution in [0.5, 0.6) is 11.5 Å². The van der Waals surface area contributed by atoms with Crippen molar-refractivity contribution in [3.8, 4) is 11.5 Å². The summed E-state index contributed by atoms with van der Waals surface area (Å²) in [4.78, 5) is 38.7. The third-order valence-electron chi connectivity index (χ3n) is 5.11. The number of esters is 1. The van der Waals surface area contributed by atoms with Crippen molar-refractivity contribution in [2.45, 2.75) is 40.2 Å². The molecule has 0 aromatic heterocycles. The Balaban J connectivity index is 2.03. The first-order valence-corrected chi connectivity index (χ1v) is 10.8. The van der Waals surface area contributed by atoms with Crippen LogP contribution < -0.4 is 5.32 Å². The normalized spacial score (nSPS) is 13.4. The van der Waals surface area contributed by atoms with Crippen LogP contribution in [-0.4, -0.2) is 33.9 Å². The number of ether oxygens (including phenoxy) is 1. The van der Waals surface area contributed by atoms with E-state index in [-0.39, 0.29) is 28.8 Å². The Morgan fingerprint density at radius 1 is 1.03 bits per heavy atom. The molecule has 1 unspecified atom stereocenters. The lowest BCUT2D eigenvalue weighted by Gasteiger charge is -2.24. The second-order valence-electron chi connectivity index (χ2n) is 8.49. The zero-order valence-corrected chi connectivity index (χ0v) is 19.5. The van der Waals surface area contributed by atoms with E-state index in [1.165, 1.54) is 12.1 Å². The van der Waals surface area contributed by atoms with Gasteiger partial charge in [0, 0.05) is 29.8 Å². The van der Waals surface area contributed by atoms with Crippen molar-refractivity contribution in [1.82, 2.24) is 0 Å². The van der Waals surface area contributed by atoms with Crippen LogP contribution in [-0.2, 0) is 9.53 Å². The van der Waals surface area contributed by atoms with Gasteiger partial charge in [-0.25, -0.2) is 4.79 Å². The van der Waals surface area contributed by atoms with Gasteiger partial charge in [-0.05, 0) is 45.9 Å². The lowest BCUT2D eigenvalue weighted by molar-refractivity contribution is -0.141. The third kappa shape index (κ3) is 5.43. The fraction of sp³-hybridized carbons (Fsp3) is 0.222. The van der Waals surface area contributed by atoms with Crippen molar-refractivity contribution in [3.63, 3.8) is 0 Å². The van der Waals surface area contributed by atoms with E-state index in [0.29, 0.717) is 5.69 Å². The number of ketones is 2. The standard InChI is InChI=1S/C27H27NO6/c1-15(2)10-11-22(34-23(31)12-16(3)4)18-13-20(29)25-24(26(18)32)21(30)14-19(27(25)33)28-17-8-6-5-7-9-17/h5-10,12-14,22,28,30,33H,11H2,1-4H3. The van der Waals surface area contributed by atoms with E-state index in [2.05, 4.69) is 5.32 Å². The van der Waals surface area contributed by atoms with Gasteiger partial charge < -0.3 is 20.3 Å². The summed E-state index contributed by atoms with van der Waals surface area (Å²) in [7, 11) is 0. The van der Waals surface area contributed by atoms with Crippen LogP contribution in [0.4, 0.5) is 11.4 Å². The van der Waals surface area contributed by atoms with E-state index in [4.69, 9.17) is 4.74 Å². The number of carbonyl (C=O) groups is 3. The topological polar surface area (TPSA) is 113 Å². The number of nitrogens with one attached hydrogen (secondary N) is 1. The van der Waals surface area contributed by atoms with E-state index in [9.17, 15) is 24.6 Å². The zero-order chi connectivity index (χ0) is 25.0. The van der Waals surface area contributed by atoms with Crippen LogP contribution in [0.25, 0.3) is 0 Å². The number of allylic oxidation sites excluding steroid dienone is 3. The molecule has 7 heteroatoms. The SMILES string of the molecule is CC(C)=CCC(OC(=O)C=C(C)C)C1=CC(=O)c2c(O)c(Nc3ccccc3)cc(O)c2C1=O. The average molecular weight is 462 g/mol. The fourth-order valence-electron chi connectivity index (χ4n) is 3.55. The van der Waals surface area contributed by atoms with Crippen molar-refractivity contribution in [3.05, 3.63) is 82.5 Å². The molecule has 2 aromatic carbocycles. The Kier molecular flexibility index (Phi) is 7.36. The van der Waals surface area contributed by atoms with Gasteiger partial charge in [0.05, 0.1) is 16.8 Å². The van der Waals surface area contributed by atoms with Crippen LogP contribution in [0.1, 0.15) is 54.8 Å². The number of hydrogen-bond donors (Lipinski definition) is 3. The maximum absolute atomic E-state index is 13.4. The van der Waals surface area contributed by atoms with E-state index in [1.54, 1.807) is 44.2 Å². The lowest BCUT2D eigenvalue weighted by atomic mass is 9.84. The summed E-state index contributed by atoms with van der Waals surface area (Å²) < 4.78 is 5.50. The molecule has 34 heavy (non-hydrogen) atoms. The quantitative estimate of drug-likeness (QED) is 0.167. The molecule has 0 heterocycles. The van der Waals surface area contributed by atoms with Gasteiger partial charge in [-0.3, -0.25) is 9.59 Å². The van der Waals surface area contributed by atoms with Crippen LogP contribution in [0.15, 0.2) is 71.3 Å². The largest absolute Gasteiger partial charge is 0.507 e. The van der Waals surface area contributed by atoms with Gasteiger partial charge in [0.2, 0.25) is 0 Å². The highest BCUT2D eigenvalue weighted by molar-refractivity contribution is 6.27. The molecule has 0 aliphatic heterocycles. The van der Waals surface area contributed by atoms with E-state index in [0.717, 1.165) is 17.2 Å². The Bertz CT molecular complexity index is 1230. The van der Waals surface area contributed by atoms with Crippen LogP contribution in [0.2, 0.25) is 0 Å². The van der Waals surface area contributed by atoms with Crippen molar-refractivity contribution in [2.24, 2.45) is 0 Å². The number of phenolic OH excluding ortho intramolecular Hbond substituents is 2. The second kappa shape index (κ2) is 10.2. The highest BCUT2D eigenvalue weighted by Crippen LogP contribution is 2.42. The maximum atomic E-state index is 13.4. The number of fused-ring (bicyclic) bond motifs is 1. The number of para-hydroxylation sites is 1. The molecule has 3 rings (SSSR count). The van der Waals surface area contributed by atoms with E-state index in [1.807, 2.05) is 19.9 Å². The zero-order valence-electron chi connectivity index (χ0n) is 19.5. The summed E-state index contributed by atoms with van der Waals surface area (Å²) in [5.41, 5.74) is 1.67. The molecular weight excluding hydrogens is 434 g/mol. The summed E-state index contributed by atoms with van der Waals surface area (Å²) in [5.74, 6) is -2.92. The number of aromatic hydroxyl groups is 2. The molecule has 3 N–H and O–H groups in total. The fourth-order valence-corrected chi connectivity index (χ4v) is 3.55. The Hall–Kier alpha value is -4.13. The molecule has 7 nitrogen and oxygen atoms in total. The predicted octanol–water partition coefficient (Wildman–Crippen LogP) is 5.38. The van der Waals surface area contributed by atoms with Gasteiger partial charge in [0.1, 0.15) is 11.9 Å². The highest BCUT2D eigenvalue weighted by atomic mass is 16.5. The van der Waals surface area contributed by atoms with Gasteiger partial charge in [-0.15, -0.1) is 0 Å². The number of anilines is 2. The van der Waals surface area contributed by atoms with Gasteiger partial charge in [-0.2, -0.15) is 0 Å². The molecule has 0 saturated carbocycles. The van der Waals surface area contributed by atoms with Gasteiger partial charge in [0.15, 0.2) is 17.3 Å². The number of carbonyl (C=O) groups excluding carboxylic acids is 3. The molecule has 1 aliphatic rings. The minimum Gasteiger partial charge on any atom is -0.507 e. The average Bonchev–Trinajstić information content (AvgIpc) is 2.76. The van der Waals surface area contributed by atoms with Crippen LogP contribution in [0.3, 0.4) is 0 Å². The van der Waals surface area contributed by atoms with E-state index >= 15 is 0 Å². The number of hydrogen-bond acceptors (Lipinski definition) is 7. The van der Waals surface area contributed by atoms with Crippen molar-refractivity contribution in [2.75, 3.05) is 5.32 Å². The van der Waals surface area contributed by atoms with Crippen molar-refractivity contribution in [1.29, 1.82) is 0 Å². The summed E-state index contributed by atoms with van der Waals surface area (Å²) in [6.45, 7) is 7.19.